The standard InChI is InChI=1S/C31H27ClN2O5S/c1-4-38-30(36)27-19(2)33-31-34(28(27)21-9-7-10-24(17-21)37-3)29(35)26(40-31)16-20-12-14-23(15-13-20)39-18-22-8-5-6-11-25(22)32/h5-17,28H,4,18H2,1-3H3/b26-16-. The van der Waals surface area contributed by atoms with Crippen molar-refractivity contribution in [1.29, 1.82) is 0 Å². The van der Waals surface area contributed by atoms with Crippen LogP contribution in [0.25, 0.3) is 6.08 Å². The summed E-state index contributed by atoms with van der Waals surface area (Å²) in [6.07, 6.45) is 1.81. The van der Waals surface area contributed by atoms with E-state index >= 15 is 0 Å². The van der Waals surface area contributed by atoms with E-state index in [-0.39, 0.29) is 12.2 Å². The van der Waals surface area contributed by atoms with Crippen LogP contribution in [0.3, 0.4) is 0 Å². The highest BCUT2D eigenvalue weighted by Gasteiger charge is 2.33. The van der Waals surface area contributed by atoms with Crippen LogP contribution in [-0.4, -0.2) is 24.3 Å². The molecular weight excluding hydrogens is 548 g/mol. The molecule has 9 heteroatoms. The van der Waals surface area contributed by atoms with Crippen molar-refractivity contribution >= 4 is 35.0 Å². The van der Waals surface area contributed by atoms with E-state index in [0.29, 0.717) is 43.7 Å². The summed E-state index contributed by atoms with van der Waals surface area (Å²) >= 11 is 7.50. The molecule has 0 saturated carbocycles. The highest BCUT2D eigenvalue weighted by atomic mass is 35.5. The Labute approximate surface area is 240 Å². The fourth-order valence-corrected chi connectivity index (χ4v) is 5.74. The molecular formula is C31H27ClN2O5S. The van der Waals surface area contributed by atoms with E-state index in [1.54, 1.807) is 25.5 Å². The zero-order valence-electron chi connectivity index (χ0n) is 22.2. The van der Waals surface area contributed by atoms with Gasteiger partial charge in [0.25, 0.3) is 5.56 Å². The van der Waals surface area contributed by atoms with Gasteiger partial charge in [0.15, 0.2) is 4.80 Å². The fraction of sp³-hybridized carbons (Fsp3) is 0.194. The smallest absolute Gasteiger partial charge is 0.338 e. The number of thiazole rings is 1. The number of aromatic nitrogens is 1. The summed E-state index contributed by atoms with van der Waals surface area (Å²) in [6, 6.07) is 21.6. The molecule has 4 aromatic rings. The Morgan fingerprint density at radius 2 is 1.85 bits per heavy atom. The Morgan fingerprint density at radius 3 is 2.58 bits per heavy atom. The van der Waals surface area contributed by atoms with Gasteiger partial charge in [0, 0.05) is 10.6 Å². The summed E-state index contributed by atoms with van der Waals surface area (Å²) in [5.74, 6) is 0.804. The summed E-state index contributed by atoms with van der Waals surface area (Å²) in [4.78, 5) is 32.0. The largest absolute Gasteiger partial charge is 0.497 e. The fourth-order valence-electron chi connectivity index (χ4n) is 4.51. The first-order valence-electron chi connectivity index (χ1n) is 12.7. The van der Waals surface area contributed by atoms with Gasteiger partial charge in [0.2, 0.25) is 0 Å². The van der Waals surface area contributed by atoms with E-state index in [2.05, 4.69) is 4.99 Å². The molecule has 0 aliphatic carbocycles. The van der Waals surface area contributed by atoms with Crippen LogP contribution < -0.4 is 24.4 Å². The normalized spacial score (nSPS) is 14.9. The number of ether oxygens (including phenoxy) is 3. The number of hydrogen-bond acceptors (Lipinski definition) is 7. The highest BCUT2D eigenvalue weighted by molar-refractivity contribution is 7.07. The quantitative estimate of drug-likeness (QED) is 0.276. The lowest BCUT2D eigenvalue weighted by atomic mass is 9.95. The topological polar surface area (TPSA) is 79.1 Å². The maximum Gasteiger partial charge on any atom is 0.338 e. The third-order valence-corrected chi connectivity index (χ3v) is 7.81. The molecule has 1 aromatic heterocycles. The molecule has 0 spiro atoms. The summed E-state index contributed by atoms with van der Waals surface area (Å²) in [7, 11) is 1.57. The molecule has 0 bridgehead atoms. The van der Waals surface area contributed by atoms with E-state index in [4.69, 9.17) is 25.8 Å². The molecule has 0 fully saturated rings. The van der Waals surface area contributed by atoms with Crippen LogP contribution >= 0.6 is 22.9 Å². The molecule has 1 atom stereocenters. The molecule has 204 valence electrons. The Kier molecular flexibility index (Phi) is 8.19. The van der Waals surface area contributed by atoms with Crippen molar-refractivity contribution < 1.29 is 19.0 Å². The van der Waals surface area contributed by atoms with Crippen molar-refractivity contribution in [1.82, 2.24) is 4.57 Å². The number of halogens is 1. The van der Waals surface area contributed by atoms with Gasteiger partial charge in [-0.15, -0.1) is 0 Å². The Balaban J connectivity index is 1.51. The Bertz CT molecular complexity index is 1770. The maximum atomic E-state index is 13.8. The predicted molar refractivity (Wildman–Crippen MR) is 156 cm³/mol. The van der Waals surface area contributed by atoms with Gasteiger partial charge in [-0.2, -0.15) is 0 Å². The van der Waals surface area contributed by atoms with Crippen LogP contribution in [0.15, 0.2) is 93.9 Å². The lowest BCUT2D eigenvalue weighted by Gasteiger charge is -2.25. The minimum atomic E-state index is -0.701. The molecule has 1 aliphatic heterocycles. The summed E-state index contributed by atoms with van der Waals surface area (Å²) in [6.45, 7) is 4.07. The number of nitrogens with zero attached hydrogens (tertiary/aromatic N) is 2. The number of carbonyl (C=O) groups is 1. The number of allylic oxidation sites excluding steroid dienone is 1. The molecule has 1 aliphatic rings. The summed E-state index contributed by atoms with van der Waals surface area (Å²) in [5, 5.41) is 0.656. The van der Waals surface area contributed by atoms with Crippen molar-refractivity contribution in [3.63, 3.8) is 0 Å². The number of methoxy groups -OCH3 is 1. The van der Waals surface area contributed by atoms with Crippen LogP contribution in [0.1, 0.15) is 36.6 Å². The molecule has 2 heterocycles. The van der Waals surface area contributed by atoms with Gasteiger partial charge in [0.05, 0.1) is 35.6 Å². The van der Waals surface area contributed by atoms with Crippen LogP contribution in [0.5, 0.6) is 11.5 Å². The number of fused-ring (bicyclic) bond motifs is 1. The lowest BCUT2D eigenvalue weighted by molar-refractivity contribution is -0.139. The van der Waals surface area contributed by atoms with Crippen LogP contribution in [0.2, 0.25) is 5.02 Å². The van der Waals surface area contributed by atoms with Crippen molar-refractivity contribution in [3.8, 4) is 11.5 Å². The number of benzene rings is 3. The second-order valence-electron chi connectivity index (χ2n) is 9.03. The van der Waals surface area contributed by atoms with Gasteiger partial charge in [-0.25, -0.2) is 9.79 Å². The van der Waals surface area contributed by atoms with Gasteiger partial charge < -0.3 is 14.2 Å². The lowest BCUT2D eigenvalue weighted by Crippen LogP contribution is -2.39. The maximum absolute atomic E-state index is 13.8. The predicted octanol–water partition coefficient (Wildman–Crippen LogP) is 5.04. The van der Waals surface area contributed by atoms with Crippen LogP contribution in [-0.2, 0) is 16.1 Å². The SMILES string of the molecule is CCOC(=O)C1=C(C)N=c2s/c(=C\c3ccc(OCc4ccccc4Cl)cc3)c(=O)n2C1c1cccc(OC)c1. The second-order valence-corrected chi connectivity index (χ2v) is 10.4. The average Bonchev–Trinajstić information content (AvgIpc) is 3.26. The van der Waals surface area contributed by atoms with E-state index in [1.165, 1.54) is 11.3 Å². The molecule has 0 N–H and O–H groups in total. The molecule has 0 radical (unpaired) electrons. The van der Waals surface area contributed by atoms with Gasteiger partial charge in [-0.1, -0.05) is 65.4 Å². The molecule has 5 rings (SSSR count). The van der Waals surface area contributed by atoms with Gasteiger partial charge >= 0.3 is 5.97 Å². The molecule has 3 aromatic carbocycles. The third-order valence-electron chi connectivity index (χ3n) is 6.46. The number of hydrogen-bond donors (Lipinski definition) is 0. The minimum absolute atomic E-state index is 0.211. The molecule has 1 unspecified atom stereocenters. The first-order chi connectivity index (χ1) is 19.4. The summed E-state index contributed by atoms with van der Waals surface area (Å²) < 4.78 is 18.7. The monoisotopic (exact) mass is 574 g/mol. The number of esters is 1. The zero-order valence-corrected chi connectivity index (χ0v) is 23.8. The molecule has 0 saturated heterocycles. The van der Waals surface area contributed by atoms with Crippen molar-refractivity contribution in [2.45, 2.75) is 26.5 Å². The van der Waals surface area contributed by atoms with Crippen LogP contribution in [0.4, 0.5) is 0 Å². The van der Waals surface area contributed by atoms with E-state index in [0.717, 1.165) is 16.7 Å². The van der Waals surface area contributed by atoms with Crippen molar-refractivity contribution in [2.75, 3.05) is 13.7 Å². The van der Waals surface area contributed by atoms with Gasteiger partial charge in [0.1, 0.15) is 18.1 Å². The number of carbonyl (C=O) groups excluding carboxylic acids is 1. The van der Waals surface area contributed by atoms with E-state index in [1.807, 2.05) is 78.9 Å². The van der Waals surface area contributed by atoms with Crippen molar-refractivity contribution in [2.24, 2.45) is 4.99 Å². The Hall–Kier alpha value is -4.14. The molecule has 0 amide bonds. The first kappa shape index (κ1) is 27.4. The average molecular weight is 575 g/mol. The first-order valence-corrected chi connectivity index (χ1v) is 13.9. The van der Waals surface area contributed by atoms with Crippen molar-refractivity contribution in [3.05, 3.63) is 125 Å². The number of rotatable bonds is 8. The van der Waals surface area contributed by atoms with Crippen LogP contribution in [0, 0.1) is 0 Å². The minimum Gasteiger partial charge on any atom is -0.497 e. The Morgan fingerprint density at radius 1 is 1.07 bits per heavy atom. The third kappa shape index (κ3) is 5.59. The van der Waals surface area contributed by atoms with E-state index in [9.17, 15) is 9.59 Å². The second kappa shape index (κ2) is 11.9. The van der Waals surface area contributed by atoms with Gasteiger partial charge in [-0.05, 0) is 61.4 Å². The molecule has 40 heavy (non-hydrogen) atoms. The summed E-state index contributed by atoms with van der Waals surface area (Å²) in [5.41, 5.74) is 3.05. The zero-order chi connectivity index (χ0) is 28.2. The molecule has 7 nitrogen and oxygen atoms in total. The van der Waals surface area contributed by atoms with Gasteiger partial charge in [-0.3, -0.25) is 9.36 Å². The highest BCUT2D eigenvalue weighted by Crippen LogP contribution is 2.32. The van der Waals surface area contributed by atoms with E-state index < -0.39 is 12.0 Å².